The highest BCUT2D eigenvalue weighted by molar-refractivity contribution is 5.48. The summed E-state index contributed by atoms with van der Waals surface area (Å²) in [6.07, 6.45) is 1.18. The topological polar surface area (TPSA) is 54.2 Å². The van der Waals surface area contributed by atoms with Gasteiger partial charge in [-0.25, -0.2) is 4.98 Å². The molecule has 0 saturated heterocycles. The van der Waals surface area contributed by atoms with Crippen molar-refractivity contribution in [3.8, 4) is 0 Å². The van der Waals surface area contributed by atoms with Crippen LogP contribution in [-0.4, -0.2) is 36.1 Å². The van der Waals surface area contributed by atoms with Crippen LogP contribution in [0.25, 0.3) is 0 Å². The standard InChI is InChI=1S/C13H24N4/c1-5-10(2)17(4)9-8-15-13-7-6-12(14)11(3)16-13/h6-7,10H,5,8-9,14H2,1-4H3,(H,15,16). The predicted octanol–water partition coefficient (Wildman–Crippen LogP) is 2.11. The zero-order valence-corrected chi connectivity index (χ0v) is 11.3. The van der Waals surface area contributed by atoms with Gasteiger partial charge in [0.2, 0.25) is 0 Å². The van der Waals surface area contributed by atoms with E-state index in [0.29, 0.717) is 6.04 Å². The van der Waals surface area contributed by atoms with Gasteiger partial charge in [-0.3, -0.25) is 0 Å². The summed E-state index contributed by atoms with van der Waals surface area (Å²) >= 11 is 0. The van der Waals surface area contributed by atoms with Gasteiger partial charge >= 0.3 is 0 Å². The number of nitrogens with one attached hydrogen (secondary N) is 1. The van der Waals surface area contributed by atoms with Crippen molar-refractivity contribution < 1.29 is 0 Å². The van der Waals surface area contributed by atoms with Gasteiger partial charge in [0, 0.05) is 19.1 Å². The molecule has 0 amide bonds. The van der Waals surface area contributed by atoms with Gasteiger partial charge in [-0.1, -0.05) is 6.92 Å². The highest BCUT2D eigenvalue weighted by atomic mass is 15.1. The van der Waals surface area contributed by atoms with E-state index in [1.165, 1.54) is 6.42 Å². The zero-order chi connectivity index (χ0) is 12.8. The van der Waals surface area contributed by atoms with Gasteiger partial charge in [0.25, 0.3) is 0 Å². The molecular formula is C13H24N4. The summed E-state index contributed by atoms with van der Waals surface area (Å²) in [5.74, 6) is 0.897. The Morgan fingerprint density at radius 1 is 1.47 bits per heavy atom. The fraction of sp³-hybridized carbons (Fsp3) is 0.615. The average Bonchev–Trinajstić information content (AvgIpc) is 2.32. The Morgan fingerprint density at radius 3 is 2.76 bits per heavy atom. The molecule has 0 aliphatic carbocycles. The number of aromatic nitrogens is 1. The number of rotatable bonds is 6. The maximum Gasteiger partial charge on any atom is 0.126 e. The van der Waals surface area contributed by atoms with Crippen LogP contribution >= 0.6 is 0 Å². The van der Waals surface area contributed by atoms with E-state index in [4.69, 9.17) is 5.73 Å². The highest BCUT2D eigenvalue weighted by Gasteiger charge is 2.05. The number of aryl methyl sites for hydroxylation is 1. The molecular weight excluding hydrogens is 212 g/mol. The summed E-state index contributed by atoms with van der Waals surface area (Å²) in [5, 5.41) is 3.31. The summed E-state index contributed by atoms with van der Waals surface area (Å²) < 4.78 is 0. The largest absolute Gasteiger partial charge is 0.397 e. The summed E-state index contributed by atoms with van der Waals surface area (Å²) in [7, 11) is 2.15. The summed E-state index contributed by atoms with van der Waals surface area (Å²) in [5.41, 5.74) is 7.35. The molecule has 0 radical (unpaired) electrons. The lowest BCUT2D eigenvalue weighted by Gasteiger charge is -2.23. The van der Waals surface area contributed by atoms with Gasteiger partial charge in [0.05, 0.1) is 11.4 Å². The van der Waals surface area contributed by atoms with Crippen molar-refractivity contribution in [3.63, 3.8) is 0 Å². The Kier molecular flexibility index (Phi) is 5.22. The lowest BCUT2D eigenvalue weighted by molar-refractivity contribution is 0.261. The van der Waals surface area contributed by atoms with Gasteiger partial charge < -0.3 is 16.0 Å². The number of anilines is 2. The van der Waals surface area contributed by atoms with Gasteiger partial charge in [-0.15, -0.1) is 0 Å². The van der Waals surface area contributed by atoms with Crippen LogP contribution in [0.1, 0.15) is 26.0 Å². The maximum absolute atomic E-state index is 5.72. The average molecular weight is 236 g/mol. The van der Waals surface area contributed by atoms with E-state index in [9.17, 15) is 0 Å². The Balaban J connectivity index is 2.38. The first-order chi connectivity index (χ1) is 8.04. The Morgan fingerprint density at radius 2 is 2.18 bits per heavy atom. The van der Waals surface area contributed by atoms with E-state index in [-0.39, 0.29) is 0 Å². The molecule has 1 unspecified atom stereocenters. The Hall–Kier alpha value is -1.29. The minimum Gasteiger partial charge on any atom is -0.397 e. The van der Waals surface area contributed by atoms with E-state index in [2.05, 4.69) is 36.1 Å². The van der Waals surface area contributed by atoms with Gasteiger partial charge in [0.1, 0.15) is 5.82 Å². The molecule has 0 spiro atoms. The highest BCUT2D eigenvalue weighted by Crippen LogP contribution is 2.11. The molecule has 0 bridgehead atoms. The van der Waals surface area contributed by atoms with Gasteiger partial charge in [0.15, 0.2) is 0 Å². The van der Waals surface area contributed by atoms with Crippen molar-refractivity contribution in [3.05, 3.63) is 17.8 Å². The van der Waals surface area contributed by atoms with Crippen LogP contribution < -0.4 is 11.1 Å². The molecule has 1 heterocycles. The lowest BCUT2D eigenvalue weighted by Crippen LogP contribution is -2.32. The fourth-order valence-corrected chi connectivity index (χ4v) is 1.56. The third-order valence-corrected chi connectivity index (χ3v) is 3.24. The molecule has 96 valence electrons. The van der Waals surface area contributed by atoms with Crippen LogP contribution in [0.15, 0.2) is 12.1 Å². The predicted molar refractivity (Wildman–Crippen MR) is 74.3 cm³/mol. The quantitative estimate of drug-likeness (QED) is 0.794. The van der Waals surface area contributed by atoms with Crippen molar-refractivity contribution in [2.75, 3.05) is 31.2 Å². The van der Waals surface area contributed by atoms with Crippen molar-refractivity contribution in [1.29, 1.82) is 0 Å². The first kappa shape index (κ1) is 13.8. The number of hydrogen-bond acceptors (Lipinski definition) is 4. The molecule has 1 rings (SSSR count). The lowest BCUT2D eigenvalue weighted by atomic mass is 10.2. The summed E-state index contributed by atoms with van der Waals surface area (Å²) in [6, 6.07) is 4.44. The third-order valence-electron chi connectivity index (χ3n) is 3.24. The zero-order valence-electron chi connectivity index (χ0n) is 11.3. The molecule has 1 aromatic heterocycles. The molecule has 0 aliphatic heterocycles. The number of nitrogens with zero attached hydrogens (tertiary/aromatic N) is 2. The normalized spacial score (nSPS) is 12.8. The van der Waals surface area contributed by atoms with Crippen molar-refractivity contribution >= 4 is 11.5 Å². The molecule has 4 nitrogen and oxygen atoms in total. The van der Waals surface area contributed by atoms with E-state index in [1.807, 2.05) is 19.1 Å². The van der Waals surface area contributed by atoms with Crippen LogP contribution in [0.2, 0.25) is 0 Å². The van der Waals surface area contributed by atoms with E-state index >= 15 is 0 Å². The summed E-state index contributed by atoms with van der Waals surface area (Å²) in [4.78, 5) is 6.72. The minimum absolute atomic E-state index is 0.623. The molecule has 0 saturated carbocycles. The second-order valence-corrected chi connectivity index (χ2v) is 4.54. The van der Waals surface area contributed by atoms with Crippen molar-refractivity contribution in [1.82, 2.24) is 9.88 Å². The maximum atomic E-state index is 5.72. The van der Waals surface area contributed by atoms with Crippen molar-refractivity contribution in [2.45, 2.75) is 33.2 Å². The van der Waals surface area contributed by atoms with Crippen LogP contribution in [0.3, 0.4) is 0 Å². The van der Waals surface area contributed by atoms with Crippen LogP contribution in [0, 0.1) is 6.92 Å². The molecule has 0 aromatic carbocycles. The van der Waals surface area contributed by atoms with Gasteiger partial charge in [-0.05, 0) is 39.4 Å². The van der Waals surface area contributed by atoms with Crippen molar-refractivity contribution in [2.24, 2.45) is 0 Å². The molecule has 3 N–H and O–H groups in total. The molecule has 4 heteroatoms. The van der Waals surface area contributed by atoms with Crippen LogP contribution in [0.5, 0.6) is 0 Å². The first-order valence-electron chi connectivity index (χ1n) is 6.21. The Bertz CT molecular complexity index is 351. The Labute approximate surface area is 104 Å². The van der Waals surface area contributed by atoms with E-state index in [0.717, 1.165) is 30.3 Å². The second kappa shape index (κ2) is 6.45. The molecule has 1 atom stereocenters. The summed E-state index contributed by atoms with van der Waals surface area (Å²) in [6.45, 7) is 8.29. The third kappa shape index (κ3) is 4.23. The molecule has 17 heavy (non-hydrogen) atoms. The van der Waals surface area contributed by atoms with E-state index < -0.39 is 0 Å². The number of nitrogen functional groups attached to an aromatic ring is 1. The number of nitrogens with two attached hydrogens (primary N) is 1. The minimum atomic E-state index is 0.623. The number of hydrogen-bond donors (Lipinski definition) is 2. The van der Waals surface area contributed by atoms with Crippen LogP contribution in [0.4, 0.5) is 11.5 Å². The van der Waals surface area contributed by atoms with E-state index in [1.54, 1.807) is 0 Å². The molecule has 1 aromatic rings. The number of pyridine rings is 1. The fourth-order valence-electron chi connectivity index (χ4n) is 1.56. The molecule has 0 fully saturated rings. The smallest absolute Gasteiger partial charge is 0.126 e. The van der Waals surface area contributed by atoms with Crippen LogP contribution in [-0.2, 0) is 0 Å². The van der Waals surface area contributed by atoms with Gasteiger partial charge in [-0.2, -0.15) is 0 Å². The first-order valence-corrected chi connectivity index (χ1v) is 6.21. The molecule has 0 aliphatic rings. The number of likely N-dealkylation sites (N-methyl/N-ethyl adjacent to an activating group) is 1. The second-order valence-electron chi connectivity index (χ2n) is 4.54. The monoisotopic (exact) mass is 236 g/mol. The SMILES string of the molecule is CCC(C)N(C)CCNc1ccc(N)c(C)n1.